The molecular weight excluding hydrogens is 284 g/mol. The van der Waals surface area contributed by atoms with Gasteiger partial charge in [-0.3, -0.25) is 4.79 Å². The molecule has 6 heteroatoms. The van der Waals surface area contributed by atoms with Crippen molar-refractivity contribution in [1.82, 2.24) is 9.88 Å². The summed E-state index contributed by atoms with van der Waals surface area (Å²) in [6, 6.07) is 0.254. The number of carbonyl (C=O) groups is 1. The van der Waals surface area contributed by atoms with Crippen molar-refractivity contribution in [3.63, 3.8) is 0 Å². The first-order valence-corrected chi connectivity index (χ1v) is 8.57. The van der Waals surface area contributed by atoms with Crippen LogP contribution in [0.5, 0.6) is 0 Å². The molecule has 1 aromatic rings. The number of amides is 1. The van der Waals surface area contributed by atoms with E-state index in [2.05, 4.69) is 38.0 Å². The van der Waals surface area contributed by atoms with E-state index in [1.54, 1.807) is 0 Å². The SMILES string of the molecule is CCNc1nc(N)c(C(=O)N(CC(C)C)C(CC)CC)s1. The quantitative estimate of drug-likeness (QED) is 0.771. The number of nitrogen functional groups attached to an aromatic ring is 1. The van der Waals surface area contributed by atoms with E-state index in [4.69, 9.17) is 5.73 Å². The summed E-state index contributed by atoms with van der Waals surface area (Å²) in [5.74, 6) is 0.772. The Labute approximate surface area is 131 Å². The highest BCUT2D eigenvalue weighted by Gasteiger charge is 2.27. The van der Waals surface area contributed by atoms with Gasteiger partial charge >= 0.3 is 0 Å². The summed E-state index contributed by atoms with van der Waals surface area (Å²) in [5, 5.41) is 3.83. The smallest absolute Gasteiger partial charge is 0.268 e. The molecule has 0 aliphatic carbocycles. The van der Waals surface area contributed by atoms with Crippen LogP contribution >= 0.6 is 11.3 Å². The average Bonchev–Trinajstić information content (AvgIpc) is 2.79. The zero-order valence-electron chi connectivity index (χ0n) is 13.8. The molecule has 0 aliphatic rings. The van der Waals surface area contributed by atoms with Gasteiger partial charge in [0.1, 0.15) is 10.7 Å². The summed E-state index contributed by atoms with van der Waals surface area (Å²) in [7, 11) is 0. The molecule has 0 aromatic carbocycles. The molecule has 0 fully saturated rings. The van der Waals surface area contributed by atoms with Gasteiger partial charge in [0.15, 0.2) is 5.13 Å². The molecule has 1 amide bonds. The second-order valence-electron chi connectivity index (χ2n) is 5.59. The number of nitrogens with zero attached hydrogens (tertiary/aromatic N) is 2. The fourth-order valence-electron chi connectivity index (χ4n) is 2.36. The normalized spacial score (nSPS) is 11.2. The third-order valence-corrected chi connectivity index (χ3v) is 4.40. The maximum absolute atomic E-state index is 12.9. The molecule has 0 aliphatic heterocycles. The Morgan fingerprint density at radius 3 is 2.43 bits per heavy atom. The van der Waals surface area contributed by atoms with E-state index in [9.17, 15) is 4.79 Å². The molecule has 1 rings (SSSR count). The van der Waals surface area contributed by atoms with Crippen molar-refractivity contribution in [2.75, 3.05) is 24.1 Å². The maximum Gasteiger partial charge on any atom is 0.268 e. The maximum atomic E-state index is 12.9. The summed E-state index contributed by atoms with van der Waals surface area (Å²) in [6.45, 7) is 12.0. The van der Waals surface area contributed by atoms with Crippen LogP contribution in [-0.2, 0) is 0 Å². The molecule has 0 saturated carbocycles. The monoisotopic (exact) mass is 312 g/mol. The van der Waals surface area contributed by atoms with Crippen molar-refractivity contribution in [3.8, 4) is 0 Å². The van der Waals surface area contributed by atoms with Gasteiger partial charge in [0.05, 0.1) is 0 Å². The Kier molecular flexibility index (Phi) is 6.95. The van der Waals surface area contributed by atoms with E-state index in [1.165, 1.54) is 11.3 Å². The van der Waals surface area contributed by atoms with E-state index >= 15 is 0 Å². The number of nitrogens with one attached hydrogen (secondary N) is 1. The minimum atomic E-state index is 0.0107. The molecule has 0 bridgehead atoms. The van der Waals surface area contributed by atoms with Crippen molar-refractivity contribution in [1.29, 1.82) is 0 Å². The van der Waals surface area contributed by atoms with Gasteiger partial charge in [0, 0.05) is 19.1 Å². The van der Waals surface area contributed by atoms with E-state index < -0.39 is 0 Å². The molecule has 3 N–H and O–H groups in total. The zero-order chi connectivity index (χ0) is 16.0. The van der Waals surface area contributed by atoms with E-state index in [1.807, 2.05) is 11.8 Å². The number of rotatable bonds is 8. The van der Waals surface area contributed by atoms with Gasteiger partial charge in [0.25, 0.3) is 5.91 Å². The lowest BCUT2D eigenvalue weighted by Gasteiger charge is -2.31. The second kappa shape index (κ2) is 8.22. The number of aromatic nitrogens is 1. The molecule has 21 heavy (non-hydrogen) atoms. The number of nitrogens with two attached hydrogens (primary N) is 1. The van der Waals surface area contributed by atoms with Crippen molar-refractivity contribution < 1.29 is 4.79 Å². The predicted octanol–water partition coefficient (Wildman–Crippen LogP) is 3.44. The molecule has 0 atom stereocenters. The van der Waals surface area contributed by atoms with Crippen LogP contribution in [0.15, 0.2) is 0 Å². The first kappa shape index (κ1) is 17.8. The molecule has 1 heterocycles. The van der Waals surface area contributed by atoms with Crippen molar-refractivity contribution in [2.45, 2.75) is 53.5 Å². The van der Waals surface area contributed by atoms with Crippen molar-refractivity contribution in [2.24, 2.45) is 5.92 Å². The van der Waals surface area contributed by atoms with Crippen LogP contribution in [0.1, 0.15) is 57.1 Å². The minimum absolute atomic E-state index is 0.0107. The summed E-state index contributed by atoms with van der Waals surface area (Å²) in [4.78, 5) is 19.6. The van der Waals surface area contributed by atoms with Crippen LogP contribution < -0.4 is 11.1 Å². The first-order valence-electron chi connectivity index (χ1n) is 7.75. The van der Waals surface area contributed by atoms with Crippen LogP contribution in [0.2, 0.25) is 0 Å². The molecule has 0 radical (unpaired) electrons. The lowest BCUT2D eigenvalue weighted by molar-refractivity contribution is 0.0646. The summed E-state index contributed by atoms with van der Waals surface area (Å²) >= 11 is 1.35. The largest absolute Gasteiger partial charge is 0.382 e. The lowest BCUT2D eigenvalue weighted by Crippen LogP contribution is -2.42. The third kappa shape index (κ3) is 4.59. The number of thiazole rings is 1. The molecule has 5 nitrogen and oxygen atoms in total. The number of anilines is 2. The van der Waals surface area contributed by atoms with Crippen LogP contribution in [0, 0.1) is 5.92 Å². The Morgan fingerprint density at radius 2 is 1.95 bits per heavy atom. The summed E-state index contributed by atoms with van der Waals surface area (Å²) in [6.07, 6.45) is 1.90. The molecule has 0 saturated heterocycles. The molecule has 120 valence electrons. The zero-order valence-corrected chi connectivity index (χ0v) is 14.6. The number of hydrogen-bond acceptors (Lipinski definition) is 5. The Balaban J connectivity index is 3.03. The third-order valence-electron chi connectivity index (χ3n) is 3.38. The van der Waals surface area contributed by atoms with Crippen LogP contribution in [0.3, 0.4) is 0 Å². The van der Waals surface area contributed by atoms with Gasteiger partial charge in [-0.2, -0.15) is 0 Å². The van der Waals surface area contributed by atoms with E-state index in [0.29, 0.717) is 21.7 Å². The lowest BCUT2D eigenvalue weighted by atomic mass is 10.1. The van der Waals surface area contributed by atoms with Crippen LogP contribution in [0.4, 0.5) is 10.9 Å². The molecular formula is C15H28N4OS. The fourth-order valence-corrected chi connectivity index (χ4v) is 3.27. The standard InChI is InChI=1S/C15H28N4OS/c1-6-11(7-2)19(9-10(4)5)14(20)12-13(16)18-15(21-12)17-8-3/h10-11H,6-9,16H2,1-5H3,(H,17,18). The Hall–Kier alpha value is -1.30. The van der Waals surface area contributed by atoms with Gasteiger partial charge in [-0.1, -0.05) is 39.0 Å². The highest BCUT2D eigenvalue weighted by Crippen LogP contribution is 2.28. The van der Waals surface area contributed by atoms with Gasteiger partial charge in [-0.25, -0.2) is 4.98 Å². The predicted molar refractivity (Wildman–Crippen MR) is 90.9 cm³/mol. The van der Waals surface area contributed by atoms with Gasteiger partial charge in [-0.15, -0.1) is 0 Å². The van der Waals surface area contributed by atoms with Crippen molar-refractivity contribution >= 4 is 28.2 Å². The molecule has 1 aromatic heterocycles. The van der Waals surface area contributed by atoms with Crippen LogP contribution in [0.25, 0.3) is 0 Å². The highest BCUT2D eigenvalue weighted by atomic mass is 32.1. The van der Waals surface area contributed by atoms with Gasteiger partial charge < -0.3 is 16.0 Å². The second-order valence-corrected chi connectivity index (χ2v) is 6.58. The highest BCUT2D eigenvalue weighted by molar-refractivity contribution is 7.18. The van der Waals surface area contributed by atoms with Gasteiger partial charge in [0.2, 0.25) is 0 Å². The topological polar surface area (TPSA) is 71.2 Å². The summed E-state index contributed by atoms with van der Waals surface area (Å²) in [5.41, 5.74) is 5.94. The minimum Gasteiger partial charge on any atom is -0.382 e. The van der Waals surface area contributed by atoms with Gasteiger partial charge in [-0.05, 0) is 25.7 Å². The number of carbonyl (C=O) groups excluding carboxylic acids is 1. The molecule has 0 unspecified atom stereocenters. The van der Waals surface area contributed by atoms with E-state index in [0.717, 1.165) is 25.9 Å². The Morgan fingerprint density at radius 1 is 1.33 bits per heavy atom. The Bertz CT molecular complexity index is 455. The number of hydrogen-bond donors (Lipinski definition) is 2. The first-order chi connectivity index (χ1) is 9.94. The summed E-state index contributed by atoms with van der Waals surface area (Å²) < 4.78 is 0. The van der Waals surface area contributed by atoms with Crippen molar-refractivity contribution in [3.05, 3.63) is 4.88 Å². The molecule has 0 spiro atoms. The van der Waals surface area contributed by atoms with Crippen LogP contribution in [-0.4, -0.2) is 34.9 Å². The fraction of sp³-hybridized carbons (Fsp3) is 0.733. The van der Waals surface area contributed by atoms with E-state index in [-0.39, 0.29) is 11.9 Å². The average molecular weight is 312 g/mol.